The zero-order valence-corrected chi connectivity index (χ0v) is 11.4. The smallest absolute Gasteiger partial charge is 0.177 e. The summed E-state index contributed by atoms with van der Waals surface area (Å²) in [4.78, 5) is 0.456. The summed E-state index contributed by atoms with van der Waals surface area (Å²) in [5.41, 5.74) is 6.47. The van der Waals surface area contributed by atoms with Crippen LogP contribution in [0.15, 0.2) is 11.0 Å². The number of benzene rings is 1. The van der Waals surface area contributed by atoms with E-state index < -0.39 is 0 Å². The molecule has 0 fully saturated rings. The van der Waals surface area contributed by atoms with Crippen molar-refractivity contribution in [3.63, 3.8) is 0 Å². The molecule has 0 aromatic heterocycles. The maximum atomic E-state index is 13.9. The molecule has 0 saturated heterocycles. The van der Waals surface area contributed by atoms with Crippen molar-refractivity contribution in [3.05, 3.63) is 17.4 Å². The van der Waals surface area contributed by atoms with Crippen LogP contribution in [0.5, 0.6) is 11.5 Å². The molecule has 0 bridgehead atoms. The topological polar surface area (TPSA) is 44.5 Å². The number of methoxy groups -OCH3 is 2. The van der Waals surface area contributed by atoms with E-state index in [0.717, 1.165) is 5.56 Å². The highest BCUT2D eigenvalue weighted by Gasteiger charge is 2.19. The van der Waals surface area contributed by atoms with Crippen molar-refractivity contribution in [2.75, 3.05) is 20.5 Å². The van der Waals surface area contributed by atoms with Crippen molar-refractivity contribution < 1.29 is 13.9 Å². The molecular formula is C12H18FNO2S. The van der Waals surface area contributed by atoms with Gasteiger partial charge in [-0.15, -0.1) is 11.8 Å². The van der Waals surface area contributed by atoms with Crippen molar-refractivity contribution in [2.45, 2.75) is 24.3 Å². The minimum atomic E-state index is -0.300. The molecule has 5 heteroatoms. The van der Waals surface area contributed by atoms with Gasteiger partial charge in [-0.3, -0.25) is 0 Å². The average molecular weight is 259 g/mol. The first-order chi connectivity index (χ1) is 8.04. The lowest BCUT2D eigenvalue weighted by Gasteiger charge is -2.17. The van der Waals surface area contributed by atoms with E-state index in [4.69, 9.17) is 15.2 Å². The zero-order valence-electron chi connectivity index (χ0n) is 10.5. The number of nitrogens with two attached hydrogens (primary N) is 1. The van der Waals surface area contributed by atoms with Gasteiger partial charge < -0.3 is 15.2 Å². The first-order valence-corrected chi connectivity index (χ1v) is 6.50. The van der Waals surface area contributed by atoms with Crippen LogP contribution in [0.3, 0.4) is 0 Å². The monoisotopic (exact) mass is 259 g/mol. The van der Waals surface area contributed by atoms with Gasteiger partial charge in [0.1, 0.15) is 5.82 Å². The lowest BCUT2D eigenvalue weighted by Crippen LogP contribution is -2.18. The zero-order chi connectivity index (χ0) is 13.0. The second-order valence-corrected chi connectivity index (χ2v) is 4.62. The van der Waals surface area contributed by atoms with Crippen LogP contribution >= 0.6 is 11.8 Å². The Morgan fingerprint density at radius 2 is 1.94 bits per heavy atom. The summed E-state index contributed by atoms with van der Waals surface area (Å²) in [6.45, 7) is 1.87. The second kappa shape index (κ2) is 6.12. The Labute approximate surface area is 105 Å². The van der Waals surface area contributed by atoms with Crippen LogP contribution < -0.4 is 15.2 Å². The van der Waals surface area contributed by atoms with E-state index in [0.29, 0.717) is 22.8 Å². The second-order valence-electron chi connectivity index (χ2n) is 3.80. The molecule has 0 saturated carbocycles. The molecule has 3 nitrogen and oxygen atoms in total. The molecule has 1 atom stereocenters. The van der Waals surface area contributed by atoms with Gasteiger partial charge in [-0.05, 0) is 25.7 Å². The molecule has 0 radical (unpaired) electrons. The molecule has 1 rings (SSSR count). The summed E-state index contributed by atoms with van der Waals surface area (Å²) in [5, 5.41) is 0. The number of ether oxygens (including phenoxy) is 2. The van der Waals surface area contributed by atoms with Crippen LogP contribution in [0.1, 0.15) is 12.5 Å². The van der Waals surface area contributed by atoms with Crippen LogP contribution in [0.25, 0.3) is 0 Å². The molecule has 1 aromatic rings. The van der Waals surface area contributed by atoms with E-state index >= 15 is 0 Å². The van der Waals surface area contributed by atoms with E-state index in [1.165, 1.54) is 24.9 Å². The van der Waals surface area contributed by atoms with Gasteiger partial charge in [-0.2, -0.15) is 0 Å². The number of hydrogen-bond acceptors (Lipinski definition) is 4. The van der Waals surface area contributed by atoms with Crippen molar-refractivity contribution >= 4 is 11.8 Å². The fourth-order valence-corrected chi connectivity index (χ4v) is 2.35. The lowest BCUT2D eigenvalue weighted by atomic mass is 10.1. The Balaban J connectivity index is 3.36. The minimum Gasteiger partial charge on any atom is -0.493 e. The first-order valence-electron chi connectivity index (χ1n) is 5.28. The molecule has 0 aliphatic heterocycles. The number of rotatable bonds is 5. The standard InChI is InChI=1S/C12H18FNO2S/c1-7(14)5-8-6-9(13)12(17-4)11(16-3)10(8)15-2/h6-7H,5,14H2,1-4H3. The average Bonchev–Trinajstić information content (AvgIpc) is 2.27. The van der Waals surface area contributed by atoms with Gasteiger partial charge in [-0.1, -0.05) is 0 Å². The Hall–Kier alpha value is -0.940. The maximum absolute atomic E-state index is 13.9. The highest BCUT2D eigenvalue weighted by Crippen LogP contribution is 2.41. The molecule has 0 spiro atoms. The summed E-state index contributed by atoms with van der Waals surface area (Å²) >= 11 is 1.29. The van der Waals surface area contributed by atoms with Crippen LogP contribution in [-0.4, -0.2) is 26.5 Å². The molecule has 0 amide bonds. The van der Waals surface area contributed by atoms with Crippen molar-refractivity contribution in [1.29, 1.82) is 0 Å². The Bertz CT molecular complexity index is 397. The van der Waals surface area contributed by atoms with Crippen molar-refractivity contribution in [2.24, 2.45) is 5.73 Å². The molecule has 0 aliphatic rings. The molecular weight excluding hydrogens is 241 g/mol. The van der Waals surface area contributed by atoms with E-state index in [-0.39, 0.29) is 11.9 Å². The van der Waals surface area contributed by atoms with Gasteiger partial charge in [0, 0.05) is 11.6 Å². The number of hydrogen-bond donors (Lipinski definition) is 1. The van der Waals surface area contributed by atoms with E-state index in [2.05, 4.69) is 0 Å². The number of halogens is 1. The fourth-order valence-electron chi connectivity index (χ4n) is 1.74. The third kappa shape index (κ3) is 3.04. The van der Waals surface area contributed by atoms with Gasteiger partial charge in [0.05, 0.1) is 19.1 Å². The van der Waals surface area contributed by atoms with Crippen LogP contribution in [0.2, 0.25) is 0 Å². The van der Waals surface area contributed by atoms with E-state index in [1.807, 2.05) is 6.92 Å². The molecule has 17 heavy (non-hydrogen) atoms. The summed E-state index contributed by atoms with van der Waals surface area (Å²) < 4.78 is 24.4. The molecule has 0 heterocycles. The summed E-state index contributed by atoms with van der Waals surface area (Å²) in [6.07, 6.45) is 2.34. The third-order valence-corrected chi connectivity index (χ3v) is 3.16. The highest BCUT2D eigenvalue weighted by atomic mass is 32.2. The van der Waals surface area contributed by atoms with Crippen LogP contribution in [0.4, 0.5) is 4.39 Å². The van der Waals surface area contributed by atoms with Crippen LogP contribution in [-0.2, 0) is 6.42 Å². The lowest BCUT2D eigenvalue weighted by molar-refractivity contribution is 0.339. The molecule has 1 unspecified atom stereocenters. The minimum absolute atomic E-state index is 0.0619. The van der Waals surface area contributed by atoms with E-state index in [9.17, 15) is 4.39 Å². The third-order valence-electron chi connectivity index (χ3n) is 2.38. The summed E-state index contributed by atoms with van der Waals surface area (Å²) in [7, 11) is 3.05. The maximum Gasteiger partial charge on any atom is 0.177 e. The summed E-state index contributed by atoms with van der Waals surface area (Å²) in [5.74, 6) is 0.706. The first kappa shape index (κ1) is 14.1. The predicted octanol–water partition coefficient (Wildman–Crippen LogP) is 2.45. The molecule has 0 aliphatic carbocycles. The Morgan fingerprint density at radius 3 is 2.35 bits per heavy atom. The van der Waals surface area contributed by atoms with Gasteiger partial charge >= 0.3 is 0 Å². The molecule has 1 aromatic carbocycles. The van der Waals surface area contributed by atoms with Gasteiger partial charge in [0.15, 0.2) is 11.5 Å². The van der Waals surface area contributed by atoms with E-state index in [1.54, 1.807) is 13.4 Å². The quantitative estimate of drug-likeness (QED) is 0.825. The van der Waals surface area contributed by atoms with Gasteiger partial charge in [0.25, 0.3) is 0 Å². The Morgan fingerprint density at radius 1 is 1.35 bits per heavy atom. The Kier molecular flexibility index (Phi) is 5.08. The van der Waals surface area contributed by atoms with Gasteiger partial charge in [-0.25, -0.2) is 4.39 Å². The van der Waals surface area contributed by atoms with Gasteiger partial charge in [0.2, 0.25) is 0 Å². The molecule has 96 valence electrons. The number of thioether (sulfide) groups is 1. The van der Waals surface area contributed by atoms with Crippen molar-refractivity contribution in [3.8, 4) is 11.5 Å². The fraction of sp³-hybridized carbons (Fsp3) is 0.500. The largest absolute Gasteiger partial charge is 0.493 e. The SMILES string of the molecule is COc1c(CC(C)N)cc(F)c(SC)c1OC. The van der Waals surface area contributed by atoms with Crippen LogP contribution in [0, 0.1) is 5.82 Å². The predicted molar refractivity (Wildman–Crippen MR) is 68.6 cm³/mol. The highest BCUT2D eigenvalue weighted by molar-refractivity contribution is 7.98. The van der Waals surface area contributed by atoms with Crippen molar-refractivity contribution in [1.82, 2.24) is 0 Å². The molecule has 2 N–H and O–H groups in total. The normalized spacial score (nSPS) is 12.4. The summed E-state index contributed by atoms with van der Waals surface area (Å²) in [6, 6.07) is 1.41.